The number of likely N-dealkylation sites (N-methyl/N-ethyl adjacent to an activating group) is 2. The Morgan fingerprint density at radius 3 is 2.22 bits per heavy atom. The number of allylic oxidation sites excluding steroid dienone is 4. The van der Waals surface area contributed by atoms with E-state index in [0.29, 0.717) is 34.2 Å². The number of ether oxygens (including phenoxy) is 4. The first-order chi connectivity index (χ1) is 17.4. The van der Waals surface area contributed by atoms with Crippen LogP contribution in [-0.4, -0.2) is 84.4 Å². The number of hydrogen-bond acceptors (Lipinski definition) is 12. The van der Waals surface area contributed by atoms with Crippen molar-refractivity contribution in [2.24, 2.45) is 5.41 Å². The van der Waals surface area contributed by atoms with Crippen LogP contribution in [0.25, 0.3) is 0 Å². The normalized spacial score (nSPS) is 16.8. The van der Waals surface area contributed by atoms with Crippen molar-refractivity contribution in [2.75, 3.05) is 55.6 Å². The van der Waals surface area contributed by atoms with Crippen molar-refractivity contribution >= 4 is 47.4 Å². The predicted octanol–water partition coefficient (Wildman–Crippen LogP) is 2.51. The molecule has 0 amide bonds. The van der Waals surface area contributed by atoms with Crippen LogP contribution in [0.15, 0.2) is 54.7 Å². The molecule has 0 saturated carbocycles. The van der Waals surface area contributed by atoms with Crippen LogP contribution in [0, 0.1) is 5.41 Å². The molecule has 0 radical (unpaired) electrons. The van der Waals surface area contributed by atoms with E-state index in [1.54, 1.807) is 14.1 Å². The van der Waals surface area contributed by atoms with Gasteiger partial charge in [0.05, 0.1) is 34.1 Å². The first kappa shape index (κ1) is 30.3. The third kappa shape index (κ3) is 7.08. The number of rotatable bonds is 10. The van der Waals surface area contributed by atoms with E-state index in [1.807, 2.05) is 30.9 Å². The fourth-order valence-electron chi connectivity index (χ4n) is 3.59. The van der Waals surface area contributed by atoms with Crippen LogP contribution in [0.1, 0.15) is 13.8 Å². The van der Waals surface area contributed by atoms with Gasteiger partial charge in [-0.2, -0.15) is 0 Å². The fourth-order valence-corrected chi connectivity index (χ4v) is 6.22. The van der Waals surface area contributed by atoms with E-state index in [4.69, 9.17) is 18.9 Å². The highest BCUT2D eigenvalue weighted by Gasteiger charge is 2.40. The number of thioether (sulfide) groups is 2. The van der Waals surface area contributed by atoms with E-state index >= 15 is 0 Å². The Hall–Kier alpha value is -2.96. The lowest BCUT2D eigenvalue weighted by Gasteiger charge is -2.36. The molecule has 2 rings (SSSR count). The average Bonchev–Trinajstić information content (AvgIpc) is 2.87. The van der Waals surface area contributed by atoms with Gasteiger partial charge in [-0.1, -0.05) is 49.5 Å². The average molecular weight is 553 g/mol. The van der Waals surface area contributed by atoms with Gasteiger partial charge in [-0.3, -0.25) is 0 Å². The van der Waals surface area contributed by atoms with Gasteiger partial charge >= 0.3 is 23.9 Å². The molecule has 202 valence electrons. The quantitative estimate of drug-likeness (QED) is 0.244. The van der Waals surface area contributed by atoms with Crippen molar-refractivity contribution in [2.45, 2.75) is 13.8 Å². The van der Waals surface area contributed by atoms with Crippen molar-refractivity contribution in [3.05, 3.63) is 54.7 Å². The summed E-state index contributed by atoms with van der Waals surface area (Å²) in [5.41, 5.74) is 0.594. The molecule has 0 bridgehead atoms. The summed E-state index contributed by atoms with van der Waals surface area (Å²) in [5.74, 6) is -2.83. The summed E-state index contributed by atoms with van der Waals surface area (Å²) in [7, 11) is 8.49. The van der Waals surface area contributed by atoms with Crippen LogP contribution in [0.3, 0.4) is 0 Å². The molecule has 0 aromatic heterocycles. The number of methoxy groups -OCH3 is 4. The first-order valence-corrected chi connectivity index (χ1v) is 12.8. The molecule has 0 fully saturated rings. The number of hydrogen-bond donors (Lipinski definition) is 1. The third-order valence-corrected chi connectivity index (χ3v) is 7.47. The molecule has 1 aliphatic carbocycles. The minimum absolute atomic E-state index is 0.00487. The van der Waals surface area contributed by atoms with E-state index in [1.165, 1.54) is 28.4 Å². The molecule has 10 nitrogen and oxygen atoms in total. The largest absolute Gasteiger partial charge is 0.466 e. The Bertz CT molecular complexity index is 1130. The predicted molar refractivity (Wildman–Crippen MR) is 142 cm³/mol. The Kier molecular flexibility index (Phi) is 10.6. The van der Waals surface area contributed by atoms with Gasteiger partial charge in [-0.15, -0.1) is 0 Å². The lowest BCUT2D eigenvalue weighted by molar-refractivity contribution is -0.138. The minimum atomic E-state index is -0.724. The molecule has 1 heterocycles. The summed E-state index contributed by atoms with van der Waals surface area (Å²) in [4.78, 5) is 53.7. The standard InChI is InChI=1S/C25H32N2O8S2/c1-25(2)12-15(36-14(22(29)33-6)11-17(28)32-5)18-16(13-25)37-21(24(31)35-8)19(23(30)34-7)20(18)27(4)10-9-26-3/h11-13,26H,9-10H2,1-8H3/b14-11-. The molecular weight excluding hydrogens is 520 g/mol. The highest BCUT2D eigenvalue weighted by Crippen LogP contribution is 2.54. The topological polar surface area (TPSA) is 120 Å². The molecule has 0 atom stereocenters. The Labute approximate surface area is 225 Å². The van der Waals surface area contributed by atoms with E-state index in [9.17, 15) is 19.2 Å². The SMILES string of the molecule is CNCCN(C)C1=C2C(=CC(C)(C)C=C2S/C(=C\C(=O)OC)C(=O)OC)SC(C(=O)OC)=C1C(=O)OC. The lowest BCUT2D eigenvalue weighted by atomic mass is 9.85. The number of carbonyl (C=O) groups excluding carboxylic acids is 4. The molecular formula is C25H32N2O8S2. The van der Waals surface area contributed by atoms with Crippen LogP contribution >= 0.6 is 23.5 Å². The van der Waals surface area contributed by atoms with Crippen molar-refractivity contribution < 1.29 is 38.1 Å². The maximum Gasteiger partial charge on any atom is 0.345 e. The second-order valence-corrected chi connectivity index (χ2v) is 10.6. The highest BCUT2D eigenvalue weighted by atomic mass is 32.2. The smallest absolute Gasteiger partial charge is 0.345 e. The summed E-state index contributed by atoms with van der Waals surface area (Å²) in [6, 6.07) is 0. The van der Waals surface area contributed by atoms with Gasteiger partial charge in [0, 0.05) is 47.0 Å². The maximum atomic E-state index is 13.1. The molecule has 0 saturated heterocycles. The molecule has 0 spiro atoms. The number of fused-ring (bicyclic) bond motifs is 1. The summed E-state index contributed by atoms with van der Waals surface area (Å²) >= 11 is 2.11. The van der Waals surface area contributed by atoms with Gasteiger partial charge in [0.15, 0.2) is 0 Å². The highest BCUT2D eigenvalue weighted by molar-refractivity contribution is 8.09. The first-order valence-electron chi connectivity index (χ1n) is 11.2. The van der Waals surface area contributed by atoms with Crippen molar-refractivity contribution in [1.29, 1.82) is 0 Å². The summed E-state index contributed by atoms with van der Waals surface area (Å²) in [6.45, 7) is 4.98. The molecule has 2 aliphatic rings. The Morgan fingerprint density at radius 2 is 1.68 bits per heavy atom. The van der Waals surface area contributed by atoms with Crippen molar-refractivity contribution in [3.63, 3.8) is 0 Å². The Balaban J connectivity index is 2.92. The zero-order valence-corrected chi connectivity index (χ0v) is 23.8. The summed E-state index contributed by atoms with van der Waals surface area (Å²) < 4.78 is 19.7. The summed E-state index contributed by atoms with van der Waals surface area (Å²) in [6.07, 6.45) is 4.96. The van der Waals surface area contributed by atoms with Crippen LogP contribution in [0.5, 0.6) is 0 Å². The second-order valence-electron chi connectivity index (χ2n) is 8.50. The van der Waals surface area contributed by atoms with Crippen molar-refractivity contribution in [3.8, 4) is 0 Å². The van der Waals surface area contributed by atoms with Crippen LogP contribution in [0.2, 0.25) is 0 Å². The van der Waals surface area contributed by atoms with Gasteiger partial charge in [0.1, 0.15) is 15.4 Å². The van der Waals surface area contributed by atoms with Gasteiger partial charge < -0.3 is 29.2 Å². The molecule has 0 aromatic rings. The summed E-state index contributed by atoms with van der Waals surface area (Å²) in [5, 5.41) is 3.07. The monoisotopic (exact) mass is 552 g/mol. The van der Waals surface area contributed by atoms with Gasteiger partial charge in [0.2, 0.25) is 0 Å². The molecule has 1 N–H and O–H groups in total. The van der Waals surface area contributed by atoms with E-state index in [2.05, 4.69) is 5.32 Å². The van der Waals surface area contributed by atoms with Crippen LogP contribution < -0.4 is 5.32 Å². The number of nitrogens with zero attached hydrogens (tertiary/aromatic N) is 1. The zero-order chi connectivity index (χ0) is 27.9. The zero-order valence-electron chi connectivity index (χ0n) is 22.2. The van der Waals surface area contributed by atoms with Gasteiger partial charge in [0.25, 0.3) is 0 Å². The van der Waals surface area contributed by atoms with Crippen molar-refractivity contribution in [1.82, 2.24) is 10.2 Å². The third-order valence-electron chi connectivity index (χ3n) is 5.31. The molecule has 1 aliphatic heterocycles. The Morgan fingerprint density at radius 1 is 1.03 bits per heavy atom. The number of nitrogens with one attached hydrogen (secondary N) is 1. The van der Waals surface area contributed by atoms with Gasteiger partial charge in [-0.05, 0) is 7.05 Å². The van der Waals surface area contributed by atoms with Crippen LogP contribution in [0.4, 0.5) is 0 Å². The molecule has 0 aromatic carbocycles. The fraction of sp³-hybridized carbons (Fsp3) is 0.440. The van der Waals surface area contributed by atoms with E-state index < -0.39 is 29.3 Å². The number of esters is 4. The van der Waals surface area contributed by atoms with E-state index in [0.717, 1.165) is 29.6 Å². The molecule has 0 unspecified atom stereocenters. The molecule has 12 heteroatoms. The minimum Gasteiger partial charge on any atom is -0.466 e. The van der Waals surface area contributed by atoms with Crippen LogP contribution in [-0.2, 0) is 38.1 Å². The maximum absolute atomic E-state index is 13.1. The molecule has 37 heavy (non-hydrogen) atoms. The van der Waals surface area contributed by atoms with Gasteiger partial charge in [-0.25, -0.2) is 19.2 Å². The lowest BCUT2D eigenvalue weighted by Crippen LogP contribution is -2.33. The van der Waals surface area contributed by atoms with E-state index in [-0.39, 0.29) is 15.4 Å². The second kappa shape index (κ2) is 13.0. The number of carbonyl (C=O) groups is 4.